The van der Waals surface area contributed by atoms with Crippen LogP contribution in [0.1, 0.15) is 13.8 Å². The summed E-state index contributed by atoms with van der Waals surface area (Å²) in [6.07, 6.45) is 5.28. The first-order valence-electron chi connectivity index (χ1n) is 6.43. The Hall–Kier alpha value is -2.21. The number of carbonyl (C=O) groups excluding carboxylic acids is 1. The fourth-order valence-electron chi connectivity index (χ4n) is 1.79. The van der Waals surface area contributed by atoms with Crippen molar-refractivity contribution in [3.8, 4) is 0 Å². The van der Waals surface area contributed by atoms with E-state index < -0.39 is 23.7 Å². The van der Waals surface area contributed by atoms with Crippen LogP contribution in [0.2, 0.25) is 0 Å². The monoisotopic (exact) mass is 296 g/mol. The number of anilines is 1. The van der Waals surface area contributed by atoms with E-state index >= 15 is 0 Å². The molecule has 0 aliphatic carbocycles. The molecule has 0 heterocycles. The Bertz CT molecular complexity index is 536. The van der Waals surface area contributed by atoms with E-state index in [2.05, 4.69) is 10.6 Å². The molecule has 114 valence electrons. The molecule has 4 nitrogen and oxygen atoms in total. The average molecular weight is 296 g/mol. The molecule has 0 bridgehead atoms. The maximum Gasteiger partial charge on any atom is 0.319 e. The Morgan fingerprint density at radius 2 is 1.90 bits per heavy atom. The summed E-state index contributed by atoms with van der Waals surface area (Å²) in [5, 5.41) is 14.2. The van der Waals surface area contributed by atoms with Crippen LogP contribution in [0.5, 0.6) is 0 Å². The molecule has 1 aromatic rings. The molecular formula is C15H18F2N2O2. The fraction of sp³-hybridized carbons (Fsp3) is 0.267. The van der Waals surface area contributed by atoms with E-state index in [-0.39, 0.29) is 12.3 Å². The molecule has 1 rings (SSSR count). The summed E-state index contributed by atoms with van der Waals surface area (Å²) >= 11 is 0. The van der Waals surface area contributed by atoms with Crippen molar-refractivity contribution >= 4 is 11.7 Å². The molecule has 1 atom stereocenters. The number of rotatable bonds is 5. The van der Waals surface area contributed by atoms with E-state index in [0.717, 1.165) is 17.7 Å². The third-order valence-corrected chi connectivity index (χ3v) is 2.70. The van der Waals surface area contributed by atoms with Crippen LogP contribution < -0.4 is 10.6 Å². The minimum atomic E-state index is -0.785. The van der Waals surface area contributed by atoms with Gasteiger partial charge >= 0.3 is 6.03 Å². The SMILES string of the molecule is C/C=C\C(=C/C)C(CO)NC(=O)Nc1cc(F)cc(F)c1. The number of aliphatic hydroxyl groups excluding tert-OH is 1. The molecule has 2 amide bonds. The zero-order valence-electron chi connectivity index (χ0n) is 11.9. The average Bonchev–Trinajstić information content (AvgIpc) is 2.41. The van der Waals surface area contributed by atoms with Crippen molar-refractivity contribution in [1.82, 2.24) is 5.32 Å². The number of halogens is 2. The molecule has 1 aromatic carbocycles. The fourth-order valence-corrected chi connectivity index (χ4v) is 1.79. The van der Waals surface area contributed by atoms with Crippen LogP contribution in [-0.4, -0.2) is 23.8 Å². The molecule has 3 N–H and O–H groups in total. The number of benzene rings is 1. The molecule has 21 heavy (non-hydrogen) atoms. The van der Waals surface area contributed by atoms with Gasteiger partial charge in [-0.25, -0.2) is 13.6 Å². The van der Waals surface area contributed by atoms with Crippen molar-refractivity contribution in [3.63, 3.8) is 0 Å². The van der Waals surface area contributed by atoms with Gasteiger partial charge in [-0.05, 0) is 31.6 Å². The zero-order valence-corrected chi connectivity index (χ0v) is 11.9. The van der Waals surface area contributed by atoms with Crippen LogP contribution in [-0.2, 0) is 0 Å². The van der Waals surface area contributed by atoms with Gasteiger partial charge in [0.05, 0.1) is 12.6 Å². The second kappa shape index (κ2) is 8.16. The predicted octanol–water partition coefficient (Wildman–Crippen LogP) is 2.97. The number of amides is 2. The van der Waals surface area contributed by atoms with Crippen molar-refractivity contribution in [2.24, 2.45) is 0 Å². The Balaban J connectivity index is 2.75. The highest BCUT2D eigenvalue weighted by Gasteiger charge is 2.14. The number of nitrogens with one attached hydrogen (secondary N) is 2. The van der Waals surface area contributed by atoms with Crippen molar-refractivity contribution < 1.29 is 18.7 Å². The van der Waals surface area contributed by atoms with Gasteiger partial charge in [-0.1, -0.05) is 18.2 Å². The van der Waals surface area contributed by atoms with Gasteiger partial charge in [0.1, 0.15) is 11.6 Å². The maximum atomic E-state index is 13.0. The van der Waals surface area contributed by atoms with Crippen molar-refractivity contribution in [3.05, 3.63) is 53.6 Å². The molecule has 0 spiro atoms. The Morgan fingerprint density at radius 3 is 2.38 bits per heavy atom. The number of hydrogen-bond donors (Lipinski definition) is 3. The highest BCUT2D eigenvalue weighted by Crippen LogP contribution is 2.13. The van der Waals surface area contributed by atoms with E-state index in [1.165, 1.54) is 0 Å². The van der Waals surface area contributed by atoms with E-state index in [1.807, 2.05) is 6.92 Å². The first kappa shape index (κ1) is 16.8. The summed E-state index contributed by atoms with van der Waals surface area (Å²) in [6.45, 7) is 3.29. The van der Waals surface area contributed by atoms with Crippen molar-refractivity contribution in [1.29, 1.82) is 0 Å². The van der Waals surface area contributed by atoms with Gasteiger partial charge in [0.25, 0.3) is 0 Å². The van der Waals surface area contributed by atoms with Crippen LogP contribution in [0.4, 0.5) is 19.3 Å². The molecule has 0 radical (unpaired) electrons. The molecule has 0 aromatic heterocycles. The van der Waals surface area contributed by atoms with Crippen LogP contribution in [0.25, 0.3) is 0 Å². The summed E-state index contributed by atoms with van der Waals surface area (Å²) in [5.41, 5.74) is 0.718. The minimum Gasteiger partial charge on any atom is -0.394 e. The number of aliphatic hydroxyl groups is 1. The zero-order chi connectivity index (χ0) is 15.8. The van der Waals surface area contributed by atoms with Gasteiger partial charge in [-0.2, -0.15) is 0 Å². The van der Waals surface area contributed by atoms with Crippen molar-refractivity contribution in [2.75, 3.05) is 11.9 Å². The molecule has 1 unspecified atom stereocenters. The third kappa shape index (κ3) is 5.35. The van der Waals surface area contributed by atoms with Crippen LogP contribution >= 0.6 is 0 Å². The summed E-state index contributed by atoms with van der Waals surface area (Å²) in [4.78, 5) is 11.8. The molecule has 0 aliphatic heterocycles. The number of carbonyl (C=O) groups is 1. The standard InChI is InChI=1S/C15H18F2N2O2/c1-3-5-10(4-2)14(9-20)19-15(21)18-13-7-11(16)6-12(17)8-13/h3-8,14,20H,9H2,1-2H3,(H2,18,19,21)/b5-3-,10-4+. The van der Waals surface area contributed by atoms with E-state index in [1.54, 1.807) is 25.2 Å². The number of allylic oxidation sites excluding steroid dienone is 2. The van der Waals surface area contributed by atoms with Gasteiger partial charge < -0.3 is 15.7 Å². The van der Waals surface area contributed by atoms with Gasteiger partial charge in [-0.15, -0.1) is 0 Å². The predicted molar refractivity (Wildman–Crippen MR) is 78.0 cm³/mol. The summed E-state index contributed by atoms with van der Waals surface area (Å²) in [7, 11) is 0. The molecule has 0 saturated carbocycles. The maximum absolute atomic E-state index is 13.0. The Morgan fingerprint density at radius 1 is 1.29 bits per heavy atom. The van der Waals surface area contributed by atoms with Gasteiger partial charge in [0, 0.05) is 11.8 Å². The summed E-state index contributed by atoms with van der Waals surface area (Å²) in [5.74, 6) is -1.57. The summed E-state index contributed by atoms with van der Waals surface area (Å²) in [6, 6.07) is 1.44. The third-order valence-electron chi connectivity index (χ3n) is 2.70. The van der Waals surface area contributed by atoms with Crippen LogP contribution in [0.3, 0.4) is 0 Å². The van der Waals surface area contributed by atoms with Gasteiger partial charge in [-0.3, -0.25) is 0 Å². The lowest BCUT2D eigenvalue weighted by Crippen LogP contribution is -2.41. The number of hydrogen-bond acceptors (Lipinski definition) is 2. The second-order valence-electron chi connectivity index (χ2n) is 4.28. The Labute approximate surface area is 122 Å². The van der Waals surface area contributed by atoms with Gasteiger partial charge in [0.2, 0.25) is 0 Å². The highest BCUT2D eigenvalue weighted by molar-refractivity contribution is 5.89. The lowest BCUT2D eigenvalue weighted by Gasteiger charge is -2.18. The Kier molecular flexibility index (Phi) is 6.55. The lowest BCUT2D eigenvalue weighted by molar-refractivity contribution is 0.233. The van der Waals surface area contributed by atoms with Crippen molar-refractivity contribution in [2.45, 2.75) is 19.9 Å². The molecular weight excluding hydrogens is 278 g/mol. The first-order chi connectivity index (χ1) is 9.99. The lowest BCUT2D eigenvalue weighted by atomic mass is 10.1. The van der Waals surface area contributed by atoms with E-state index in [0.29, 0.717) is 6.07 Å². The molecule has 0 saturated heterocycles. The molecule has 0 aliphatic rings. The van der Waals surface area contributed by atoms with Crippen LogP contribution in [0, 0.1) is 11.6 Å². The number of urea groups is 1. The minimum absolute atomic E-state index is 0.00486. The second-order valence-corrected chi connectivity index (χ2v) is 4.28. The normalized spacial score (nSPS) is 13.3. The smallest absolute Gasteiger partial charge is 0.319 e. The highest BCUT2D eigenvalue weighted by atomic mass is 19.1. The quantitative estimate of drug-likeness (QED) is 0.732. The first-order valence-corrected chi connectivity index (χ1v) is 6.43. The topological polar surface area (TPSA) is 61.4 Å². The molecule has 6 heteroatoms. The van der Waals surface area contributed by atoms with E-state index in [9.17, 15) is 18.7 Å². The molecule has 0 fully saturated rings. The van der Waals surface area contributed by atoms with Crippen LogP contribution in [0.15, 0.2) is 42.0 Å². The summed E-state index contributed by atoms with van der Waals surface area (Å²) < 4.78 is 26.0. The largest absolute Gasteiger partial charge is 0.394 e. The van der Waals surface area contributed by atoms with Gasteiger partial charge in [0.15, 0.2) is 0 Å². The van der Waals surface area contributed by atoms with E-state index in [4.69, 9.17) is 0 Å².